The van der Waals surface area contributed by atoms with Gasteiger partial charge in [-0.15, -0.1) is 0 Å². The first kappa shape index (κ1) is 13.4. The molecule has 0 spiro atoms. The van der Waals surface area contributed by atoms with Crippen LogP contribution in [0.5, 0.6) is 5.75 Å². The topological polar surface area (TPSA) is 55.2 Å². The van der Waals surface area contributed by atoms with Crippen molar-refractivity contribution in [3.63, 3.8) is 0 Å². The highest BCUT2D eigenvalue weighted by Crippen LogP contribution is 2.29. The number of hydrogen-bond acceptors (Lipinski definition) is 4. The van der Waals surface area contributed by atoms with Gasteiger partial charge >= 0.3 is 0 Å². The van der Waals surface area contributed by atoms with Crippen molar-refractivity contribution >= 4 is 0 Å². The Bertz CT molecular complexity index is 588. The van der Waals surface area contributed by atoms with E-state index in [-0.39, 0.29) is 12.4 Å². The molecule has 0 amide bonds. The Morgan fingerprint density at radius 1 is 1.26 bits per heavy atom. The summed E-state index contributed by atoms with van der Waals surface area (Å²) >= 11 is 0. The number of benzene rings is 1. The minimum atomic E-state index is -0.351. The van der Waals surface area contributed by atoms with Gasteiger partial charge in [0.15, 0.2) is 0 Å². The molecule has 0 saturated carbocycles. The summed E-state index contributed by atoms with van der Waals surface area (Å²) in [6.07, 6.45) is 0.367. The first-order chi connectivity index (χ1) is 9.13. The lowest BCUT2D eigenvalue weighted by atomic mass is 10.1. The van der Waals surface area contributed by atoms with Gasteiger partial charge in [0.25, 0.3) is 0 Å². The van der Waals surface area contributed by atoms with E-state index in [0.717, 1.165) is 5.69 Å². The molecule has 19 heavy (non-hydrogen) atoms. The minimum Gasteiger partial charge on any atom is -0.496 e. The Balaban J connectivity index is 2.54. The van der Waals surface area contributed by atoms with E-state index < -0.39 is 0 Å². The SMILES string of the molecule is COc1ccc(F)cc1-c1cc(C)nc(CCO)n1. The maximum Gasteiger partial charge on any atom is 0.131 e. The molecule has 0 atom stereocenters. The van der Waals surface area contributed by atoms with Gasteiger partial charge in [-0.25, -0.2) is 14.4 Å². The number of rotatable bonds is 4. The molecule has 1 N–H and O–H groups in total. The molecule has 100 valence electrons. The fourth-order valence-electron chi connectivity index (χ4n) is 1.86. The van der Waals surface area contributed by atoms with Crippen LogP contribution in [0.1, 0.15) is 11.5 Å². The van der Waals surface area contributed by atoms with E-state index in [1.165, 1.54) is 19.2 Å². The van der Waals surface area contributed by atoms with Crippen LogP contribution in [0.15, 0.2) is 24.3 Å². The zero-order chi connectivity index (χ0) is 13.8. The van der Waals surface area contributed by atoms with Gasteiger partial charge in [-0.3, -0.25) is 0 Å². The number of aliphatic hydroxyl groups is 1. The third-order valence-electron chi connectivity index (χ3n) is 2.67. The minimum absolute atomic E-state index is 0.0246. The predicted molar refractivity (Wildman–Crippen MR) is 69.5 cm³/mol. The van der Waals surface area contributed by atoms with Crippen LogP contribution in [0.25, 0.3) is 11.3 Å². The Kier molecular flexibility index (Phi) is 4.06. The predicted octanol–water partition coefficient (Wildman–Crippen LogP) is 2.13. The maximum absolute atomic E-state index is 13.4. The zero-order valence-corrected chi connectivity index (χ0v) is 10.9. The molecule has 4 nitrogen and oxygen atoms in total. The molecule has 0 saturated heterocycles. The van der Waals surface area contributed by atoms with E-state index in [1.807, 2.05) is 6.92 Å². The number of aliphatic hydroxyl groups excluding tert-OH is 1. The molecule has 2 aromatic rings. The highest BCUT2D eigenvalue weighted by Gasteiger charge is 2.11. The van der Waals surface area contributed by atoms with Crippen molar-refractivity contribution in [3.8, 4) is 17.0 Å². The quantitative estimate of drug-likeness (QED) is 0.917. The van der Waals surface area contributed by atoms with Crippen molar-refractivity contribution in [2.24, 2.45) is 0 Å². The first-order valence-electron chi connectivity index (χ1n) is 5.93. The molecule has 0 radical (unpaired) electrons. The van der Waals surface area contributed by atoms with Crippen LogP contribution in [-0.4, -0.2) is 28.8 Å². The van der Waals surface area contributed by atoms with Crippen molar-refractivity contribution in [2.75, 3.05) is 13.7 Å². The summed E-state index contributed by atoms with van der Waals surface area (Å²) < 4.78 is 18.6. The van der Waals surface area contributed by atoms with Gasteiger partial charge in [0.05, 0.1) is 19.4 Å². The summed E-state index contributed by atoms with van der Waals surface area (Å²) in [5, 5.41) is 8.95. The number of hydrogen-bond donors (Lipinski definition) is 1. The average molecular weight is 262 g/mol. The standard InChI is InChI=1S/C14H15FN2O2/c1-9-7-12(17-14(16-9)5-6-18)11-8-10(15)3-4-13(11)19-2/h3-4,7-8,18H,5-6H2,1-2H3. The monoisotopic (exact) mass is 262 g/mol. The van der Waals surface area contributed by atoms with Crippen LogP contribution in [0, 0.1) is 12.7 Å². The molecule has 5 heteroatoms. The van der Waals surface area contributed by atoms with Crippen LogP contribution < -0.4 is 4.74 Å². The van der Waals surface area contributed by atoms with Gasteiger partial charge in [0, 0.05) is 17.7 Å². The second-order valence-corrected chi connectivity index (χ2v) is 4.13. The molecule has 1 aromatic heterocycles. The number of halogens is 1. The maximum atomic E-state index is 13.4. The Labute approximate surface area is 110 Å². The molecule has 0 bridgehead atoms. The summed E-state index contributed by atoms with van der Waals surface area (Å²) in [6.45, 7) is 1.81. The third kappa shape index (κ3) is 3.06. The lowest BCUT2D eigenvalue weighted by molar-refractivity contribution is 0.296. The summed E-state index contributed by atoms with van der Waals surface area (Å²) in [5.74, 6) is 0.731. The summed E-state index contributed by atoms with van der Waals surface area (Å²) in [6, 6.07) is 6.04. The number of aryl methyl sites for hydroxylation is 1. The molecule has 0 fully saturated rings. The second kappa shape index (κ2) is 5.75. The van der Waals surface area contributed by atoms with E-state index in [9.17, 15) is 4.39 Å². The highest BCUT2D eigenvalue weighted by atomic mass is 19.1. The van der Waals surface area contributed by atoms with Crippen molar-refractivity contribution in [3.05, 3.63) is 41.6 Å². The molecule has 1 heterocycles. The Morgan fingerprint density at radius 3 is 2.74 bits per heavy atom. The van der Waals surface area contributed by atoms with Gasteiger partial charge in [-0.05, 0) is 31.2 Å². The van der Waals surface area contributed by atoms with Gasteiger partial charge in [-0.1, -0.05) is 0 Å². The molecule has 2 rings (SSSR count). The van der Waals surface area contributed by atoms with Gasteiger partial charge in [0.1, 0.15) is 17.4 Å². The lowest BCUT2D eigenvalue weighted by Crippen LogP contribution is -2.02. The van der Waals surface area contributed by atoms with Crippen molar-refractivity contribution in [1.29, 1.82) is 0 Å². The fraction of sp³-hybridized carbons (Fsp3) is 0.286. The second-order valence-electron chi connectivity index (χ2n) is 4.13. The summed E-state index contributed by atoms with van der Waals surface area (Å²) in [4.78, 5) is 8.55. The van der Waals surface area contributed by atoms with E-state index in [1.54, 1.807) is 12.1 Å². The summed E-state index contributed by atoms with van der Waals surface area (Å²) in [7, 11) is 1.53. The Hall–Kier alpha value is -2.01. The van der Waals surface area contributed by atoms with Crippen molar-refractivity contribution < 1.29 is 14.2 Å². The lowest BCUT2D eigenvalue weighted by Gasteiger charge is -2.10. The van der Waals surface area contributed by atoms with Gasteiger partial charge in [-0.2, -0.15) is 0 Å². The number of nitrogens with zero attached hydrogens (tertiary/aromatic N) is 2. The van der Waals surface area contributed by atoms with E-state index in [0.29, 0.717) is 29.3 Å². The highest BCUT2D eigenvalue weighted by molar-refractivity contribution is 5.67. The molecule has 0 unspecified atom stereocenters. The third-order valence-corrected chi connectivity index (χ3v) is 2.67. The number of methoxy groups -OCH3 is 1. The van der Waals surface area contributed by atoms with Crippen LogP contribution in [-0.2, 0) is 6.42 Å². The molecule has 0 aliphatic rings. The van der Waals surface area contributed by atoms with E-state index in [2.05, 4.69) is 9.97 Å². The number of aromatic nitrogens is 2. The average Bonchev–Trinajstić information content (AvgIpc) is 2.38. The smallest absolute Gasteiger partial charge is 0.131 e. The molecular weight excluding hydrogens is 247 g/mol. The first-order valence-corrected chi connectivity index (χ1v) is 5.93. The Morgan fingerprint density at radius 2 is 2.05 bits per heavy atom. The molecular formula is C14H15FN2O2. The van der Waals surface area contributed by atoms with Crippen molar-refractivity contribution in [1.82, 2.24) is 9.97 Å². The number of ether oxygens (including phenoxy) is 1. The summed E-state index contributed by atoms with van der Waals surface area (Å²) in [5.41, 5.74) is 1.93. The normalized spacial score (nSPS) is 10.5. The zero-order valence-electron chi connectivity index (χ0n) is 10.9. The van der Waals surface area contributed by atoms with E-state index in [4.69, 9.17) is 9.84 Å². The van der Waals surface area contributed by atoms with Crippen LogP contribution in [0.3, 0.4) is 0 Å². The fourth-order valence-corrected chi connectivity index (χ4v) is 1.86. The van der Waals surface area contributed by atoms with Gasteiger partial charge in [0.2, 0.25) is 0 Å². The van der Waals surface area contributed by atoms with Crippen LogP contribution in [0.2, 0.25) is 0 Å². The van der Waals surface area contributed by atoms with Crippen molar-refractivity contribution in [2.45, 2.75) is 13.3 Å². The van der Waals surface area contributed by atoms with Crippen LogP contribution >= 0.6 is 0 Å². The molecule has 0 aliphatic heterocycles. The molecule has 1 aromatic carbocycles. The van der Waals surface area contributed by atoms with E-state index >= 15 is 0 Å². The largest absolute Gasteiger partial charge is 0.496 e. The van der Waals surface area contributed by atoms with Crippen LogP contribution in [0.4, 0.5) is 4.39 Å². The van der Waals surface area contributed by atoms with Gasteiger partial charge < -0.3 is 9.84 Å². The molecule has 0 aliphatic carbocycles.